The Kier molecular flexibility index (Phi) is 3.71. The first-order valence-electron chi connectivity index (χ1n) is 5.51. The van der Waals surface area contributed by atoms with Crippen LogP contribution in [0.2, 0.25) is 5.02 Å². The zero-order valence-electron chi connectivity index (χ0n) is 10.1. The van der Waals surface area contributed by atoms with Gasteiger partial charge in [0.05, 0.1) is 5.56 Å². The van der Waals surface area contributed by atoms with Gasteiger partial charge in [-0.15, -0.1) is 0 Å². The molecule has 0 fully saturated rings. The van der Waals surface area contributed by atoms with E-state index in [0.717, 1.165) is 6.07 Å². The van der Waals surface area contributed by atoms with Crippen LogP contribution in [0.3, 0.4) is 0 Å². The van der Waals surface area contributed by atoms with Gasteiger partial charge in [0.15, 0.2) is 0 Å². The molecule has 2 aromatic rings. The maximum Gasteiger partial charge on any atom is 0.261 e. The number of amides is 1. The molecule has 0 spiro atoms. The second-order valence-corrected chi connectivity index (χ2v) is 4.44. The molecule has 0 bridgehead atoms. The molecule has 0 aliphatic rings. The molecule has 0 radical (unpaired) electrons. The lowest BCUT2D eigenvalue weighted by Crippen LogP contribution is -2.27. The Morgan fingerprint density at radius 3 is 2.68 bits per heavy atom. The Hall–Kier alpha value is -2.07. The molecule has 2 aromatic carbocycles. The third kappa shape index (κ3) is 2.85. The molecule has 0 aliphatic heterocycles. The molecule has 0 aliphatic carbocycles. The fourth-order valence-electron chi connectivity index (χ4n) is 1.66. The van der Waals surface area contributed by atoms with Crippen molar-refractivity contribution in [2.75, 3.05) is 11.9 Å². The minimum absolute atomic E-state index is 0.0312. The highest BCUT2D eigenvalue weighted by molar-refractivity contribution is 6.31. The van der Waals surface area contributed by atoms with E-state index in [-0.39, 0.29) is 16.3 Å². The molecule has 2 rings (SSSR count). The summed E-state index contributed by atoms with van der Waals surface area (Å²) in [6.45, 7) is 0. The highest BCUT2D eigenvalue weighted by Crippen LogP contribution is 2.22. The monoisotopic (exact) mass is 279 g/mol. The summed E-state index contributed by atoms with van der Waals surface area (Å²) in [4.78, 5) is 13.4. The number of halogens is 2. The van der Waals surface area contributed by atoms with Crippen LogP contribution < -0.4 is 4.90 Å². The third-order valence-corrected chi connectivity index (χ3v) is 2.92. The molecule has 1 N–H and O–H groups in total. The number of carbonyl (C=O) groups excluding carboxylic acids is 1. The highest BCUT2D eigenvalue weighted by Gasteiger charge is 2.18. The Bertz CT molecular complexity index is 631. The summed E-state index contributed by atoms with van der Waals surface area (Å²) in [5, 5.41) is 9.67. The number of hydrogen-bond acceptors (Lipinski definition) is 2. The van der Waals surface area contributed by atoms with Gasteiger partial charge in [0.2, 0.25) is 0 Å². The maximum absolute atomic E-state index is 13.6. The minimum Gasteiger partial charge on any atom is -0.508 e. The molecule has 3 nitrogen and oxygen atoms in total. The first kappa shape index (κ1) is 13.4. The van der Waals surface area contributed by atoms with Crippen molar-refractivity contribution in [1.82, 2.24) is 0 Å². The van der Waals surface area contributed by atoms with Crippen molar-refractivity contribution in [1.29, 1.82) is 0 Å². The van der Waals surface area contributed by atoms with E-state index < -0.39 is 11.7 Å². The summed E-state index contributed by atoms with van der Waals surface area (Å²) in [5.74, 6) is -1.14. The lowest BCUT2D eigenvalue weighted by atomic mass is 10.1. The van der Waals surface area contributed by atoms with Gasteiger partial charge in [0.1, 0.15) is 11.6 Å². The molecule has 0 saturated heterocycles. The smallest absolute Gasteiger partial charge is 0.261 e. The quantitative estimate of drug-likeness (QED) is 0.914. The van der Waals surface area contributed by atoms with Crippen LogP contribution in [0.25, 0.3) is 0 Å². The van der Waals surface area contributed by atoms with Gasteiger partial charge in [-0.1, -0.05) is 17.7 Å². The van der Waals surface area contributed by atoms with Gasteiger partial charge >= 0.3 is 0 Å². The second kappa shape index (κ2) is 5.28. The fraction of sp³-hybridized carbons (Fsp3) is 0.0714. The number of phenols is 1. The Labute approximate surface area is 114 Å². The van der Waals surface area contributed by atoms with E-state index in [1.165, 1.54) is 36.2 Å². The van der Waals surface area contributed by atoms with Crippen LogP contribution in [0.4, 0.5) is 10.1 Å². The zero-order chi connectivity index (χ0) is 14.0. The summed E-state index contributed by atoms with van der Waals surface area (Å²) >= 11 is 5.76. The third-order valence-electron chi connectivity index (χ3n) is 2.68. The summed E-state index contributed by atoms with van der Waals surface area (Å²) in [7, 11) is 1.50. The number of aromatic hydroxyl groups is 1. The van der Waals surface area contributed by atoms with E-state index in [2.05, 4.69) is 0 Å². The van der Waals surface area contributed by atoms with Crippen molar-refractivity contribution in [2.45, 2.75) is 0 Å². The Balaban J connectivity index is 2.36. The lowest BCUT2D eigenvalue weighted by Gasteiger charge is -2.18. The Morgan fingerprint density at radius 1 is 1.26 bits per heavy atom. The molecule has 0 atom stereocenters. The van der Waals surface area contributed by atoms with E-state index in [0.29, 0.717) is 5.69 Å². The largest absolute Gasteiger partial charge is 0.508 e. The topological polar surface area (TPSA) is 40.5 Å². The highest BCUT2D eigenvalue weighted by atomic mass is 35.5. The van der Waals surface area contributed by atoms with Gasteiger partial charge < -0.3 is 10.0 Å². The van der Waals surface area contributed by atoms with E-state index in [1.54, 1.807) is 12.1 Å². The van der Waals surface area contributed by atoms with Crippen LogP contribution in [-0.2, 0) is 0 Å². The van der Waals surface area contributed by atoms with Gasteiger partial charge in [0.25, 0.3) is 5.91 Å². The average molecular weight is 280 g/mol. The summed E-state index contributed by atoms with van der Waals surface area (Å²) in [5.41, 5.74) is 0.350. The van der Waals surface area contributed by atoms with E-state index in [9.17, 15) is 14.3 Å². The number of nitrogens with zero attached hydrogens (tertiary/aromatic N) is 1. The standard InChI is InChI=1S/C14H11ClFNO2/c1-17(10-3-2-4-11(18)8-10)14(19)12-7-9(15)5-6-13(12)16/h2-8,18H,1H3. The van der Waals surface area contributed by atoms with Gasteiger partial charge in [-0.05, 0) is 30.3 Å². The number of anilines is 1. The van der Waals surface area contributed by atoms with Crippen molar-refractivity contribution in [3.63, 3.8) is 0 Å². The van der Waals surface area contributed by atoms with E-state index in [1.807, 2.05) is 0 Å². The van der Waals surface area contributed by atoms with Gasteiger partial charge in [-0.25, -0.2) is 4.39 Å². The molecular weight excluding hydrogens is 269 g/mol. The van der Waals surface area contributed by atoms with Gasteiger partial charge in [-0.2, -0.15) is 0 Å². The number of hydrogen-bond donors (Lipinski definition) is 1. The normalized spacial score (nSPS) is 10.3. The van der Waals surface area contributed by atoms with Crippen LogP contribution in [-0.4, -0.2) is 18.1 Å². The molecule has 98 valence electrons. The average Bonchev–Trinajstić information content (AvgIpc) is 2.40. The SMILES string of the molecule is CN(C(=O)c1cc(Cl)ccc1F)c1cccc(O)c1. The van der Waals surface area contributed by atoms with Crippen LogP contribution in [0.5, 0.6) is 5.75 Å². The van der Waals surface area contributed by atoms with Crippen molar-refractivity contribution >= 4 is 23.2 Å². The fourth-order valence-corrected chi connectivity index (χ4v) is 1.83. The van der Waals surface area contributed by atoms with Crippen molar-refractivity contribution < 1.29 is 14.3 Å². The lowest BCUT2D eigenvalue weighted by molar-refractivity contribution is 0.0989. The molecule has 1 amide bonds. The predicted octanol–water partition coefficient (Wildman–Crippen LogP) is 3.46. The minimum atomic E-state index is -0.638. The number of carbonyl (C=O) groups is 1. The zero-order valence-corrected chi connectivity index (χ0v) is 10.9. The first-order chi connectivity index (χ1) is 8.99. The number of phenolic OH excluding ortho intramolecular Hbond substituents is 1. The van der Waals surface area contributed by atoms with Crippen molar-refractivity contribution in [3.05, 3.63) is 58.9 Å². The van der Waals surface area contributed by atoms with E-state index >= 15 is 0 Å². The predicted molar refractivity (Wildman–Crippen MR) is 72.3 cm³/mol. The van der Waals surface area contributed by atoms with Crippen LogP contribution in [0, 0.1) is 5.82 Å². The van der Waals surface area contributed by atoms with Crippen LogP contribution in [0.1, 0.15) is 10.4 Å². The number of benzene rings is 2. The van der Waals surface area contributed by atoms with Gasteiger partial charge in [-0.3, -0.25) is 4.79 Å². The molecule has 0 aromatic heterocycles. The van der Waals surface area contributed by atoms with Crippen molar-refractivity contribution in [3.8, 4) is 5.75 Å². The molecule has 0 heterocycles. The number of rotatable bonds is 2. The summed E-state index contributed by atoms with van der Waals surface area (Å²) < 4.78 is 13.6. The maximum atomic E-state index is 13.6. The summed E-state index contributed by atoms with van der Waals surface area (Å²) in [6.07, 6.45) is 0. The molecule has 19 heavy (non-hydrogen) atoms. The van der Waals surface area contributed by atoms with Crippen LogP contribution in [0.15, 0.2) is 42.5 Å². The van der Waals surface area contributed by atoms with E-state index in [4.69, 9.17) is 11.6 Å². The van der Waals surface area contributed by atoms with Gasteiger partial charge in [0, 0.05) is 23.8 Å². The molecule has 0 saturated carbocycles. The van der Waals surface area contributed by atoms with Crippen molar-refractivity contribution in [2.24, 2.45) is 0 Å². The molecular formula is C14H11ClFNO2. The van der Waals surface area contributed by atoms with Crippen LogP contribution >= 0.6 is 11.6 Å². The summed E-state index contributed by atoms with van der Waals surface area (Å²) in [6, 6.07) is 9.94. The Morgan fingerprint density at radius 2 is 2.00 bits per heavy atom. The first-order valence-corrected chi connectivity index (χ1v) is 5.89. The molecule has 0 unspecified atom stereocenters. The molecule has 5 heteroatoms. The second-order valence-electron chi connectivity index (χ2n) is 4.01.